The van der Waals surface area contributed by atoms with Gasteiger partial charge in [-0.15, -0.1) is 0 Å². The number of anilines is 1. The zero-order chi connectivity index (χ0) is 13.1. The molecule has 0 fully saturated rings. The van der Waals surface area contributed by atoms with Gasteiger partial charge in [0.15, 0.2) is 0 Å². The SMILES string of the molecule is CNc1nc(C)cn1C(C)c1ccc(OC)cc1. The molecular weight excluding hydrogens is 226 g/mol. The Morgan fingerprint density at radius 1 is 1.28 bits per heavy atom. The van der Waals surface area contributed by atoms with E-state index in [0.717, 1.165) is 17.4 Å². The molecule has 0 aliphatic rings. The van der Waals surface area contributed by atoms with E-state index in [0.29, 0.717) is 0 Å². The first kappa shape index (κ1) is 12.5. The van der Waals surface area contributed by atoms with E-state index in [1.165, 1.54) is 5.56 Å². The third-order valence-electron chi connectivity index (χ3n) is 3.09. The van der Waals surface area contributed by atoms with Crippen LogP contribution in [0.1, 0.15) is 24.2 Å². The second kappa shape index (κ2) is 5.12. The molecule has 2 aromatic rings. The second-order valence-corrected chi connectivity index (χ2v) is 4.31. The highest BCUT2D eigenvalue weighted by Gasteiger charge is 2.12. The highest BCUT2D eigenvalue weighted by Crippen LogP contribution is 2.24. The van der Waals surface area contributed by atoms with Gasteiger partial charge >= 0.3 is 0 Å². The summed E-state index contributed by atoms with van der Waals surface area (Å²) in [6.45, 7) is 4.15. The van der Waals surface area contributed by atoms with Crippen LogP contribution in [-0.2, 0) is 0 Å². The molecule has 18 heavy (non-hydrogen) atoms. The summed E-state index contributed by atoms with van der Waals surface area (Å²) in [6.07, 6.45) is 2.06. The van der Waals surface area contributed by atoms with Gasteiger partial charge in [-0.05, 0) is 31.5 Å². The Morgan fingerprint density at radius 3 is 2.50 bits per heavy atom. The number of methoxy groups -OCH3 is 1. The van der Waals surface area contributed by atoms with Crippen LogP contribution in [-0.4, -0.2) is 23.7 Å². The maximum atomic E-state index is 5.17. The first-order valence-electron chi connectivity index (χ1n) is 6.03. The summed E-state index contributed by atoms with van der Waals surface area (Å²) in [4.78, 5) is 4.44. The topological polar surface area (TPSA) is 39.1 Å². The van der Waals surface area contributed by atoms with Gasteiger partial charge < -0.3 is 14.6 Å². The lowest BCUT2D eigenvalue weighted by Crippen LogP contribution is -2.09. The van der Waals surface area contributed by atoms with E-state index in [-0.39, 0.29) is 6.04 Å². The molecule has 96 valence electrons. The molecule has 0 amide bonds. The number of nitrogens with zero attached hydrogens (tertiary/aromatic N) is 2. The minimum Gasteiger partial charge on any atom is -0.497 e. The lowest BCUT2D eigenvalue weighted by molar-refractivity contribution is 0.414. The van der Waals surface area contributed by atoms with Gasteiger partial charge in [0, 0.05) is 13.2 Å². The largest absolute Gasteiger partial charge is 0.497 e. The lowest BCUT2D eigenvalue weighted by Gasteiger charge is -2.16. The molecule has 1 heterocycles. The van der Waals surface area contributed by atoms with Crippen molar-refractivity contribution in [2.45, 2.75) is 19.9 Å². The molecule has 2 rings (SSSR count). The second-order valence-electron chi connectivity index (χ2n) is 4.31. The Labute approximate surface area is 108 Å². The third kappa shape index (κ3) is 2.32. The number of aromatic nitrogens is 2. The number of hydrogen-bond donors (Lipinski definition) is 1. The number of rotatable bonds is 4. The van der Waals surface area contributed by atoms with Gasteiger partial charge in [0.2, 0.25) is 5.95 Å². The minimum atomic E-state index is 0.236. The zero-order valence-electron chi connectivity index (χ0n) is 11.3. The lowest BCUT2D eigenvalue weighted by atomic mass is 10.1. The van der Waals surface area contributed by atoms with Gasteiger partial charge in [0.1, 0.15) is 5.75 Å². The highest BCUT2D eigenvalue weighted by atomic mass is 16.5. The number of aryl methyl sites for hydroxylation is 1. The summed E-state index contributed by atoms with van der Waals surface area (Å²) < 4.78 is 7.31. The van der Waals surface area contributed by atoms with Crippen LogP contribution >= 0.6 is 0 Å². The van der Waals surface area contributed by atoms with E-state index in [9.17, 15) is 0 Å². The van der Waals surface area contributed by atoms with Gasteiger partial charge in [-0.2, -0.15) is 0 Å². The maximum absolute atomic E-state index is 5.17. The van der Waals surface area contributed by atoms with Crippen LogP contribution in [0.15, 0.2) is 30.5 Å². The van der Waals surface area contributed by atoms with Crippen molar-refractivity contribution in [1.82, 2.24) is 9.55 Å². The molecule has 1 atom stereocenters. The minimum absolute atomic E-state index is 0.236. The number of hydrogen-bond acceptors (Lipinski definition) is 3. The Hall–Kier alpha value is -1.97. The van der Waals surface area contributed by atoms with Gasteiger partial charge in [0.05, 0.1) is 18.8 Å². The van der Waals surface area contributed by atoms with Crippen molar-refractivity contribution in [3.8, 4) is 5.75 Å². The van der Waals surface area contributed by atoms with Crippen molar-refractivity contribution >= 4 is 5.95 Å². The molecule has 0 radical (unpaired) electrons. The zero-order valence-corrected chi connectivity index (χ0v) is 11.3. The van der Waals surface area contributed by atoms with E-state index in [1.807, 2.05) is 26.1 Å². The average molecular weight is 245 g/mol. The maximum Gasteiger partial charge on any atom is 0.203 e. The van der Waals surface area contributed by atoms with E-state index in [2.05, 4.69) is 40.1 Å². The fourth-order valence-electron chi connectivity index (χ4n) is 2.04. The summed E-state index contributed by atoms with van der Waals surface area (Å²) in [7, 11) is 3.57. The van der Waals surface area contributed by atoms with Crippen LogP contribution in [0.4, 0.5) is 5.95 Å². The first-order valence-corrected chi connectivity index (χ1v) is 6.03. The predicted octanol–water partition coefficient (Wildman–Crippen LogP) is 2.85. The van der Waals surface area contributed by atoms with Crippen LogP contribution in [0.25, 0.3) is 0 Å². The molecular formula is C14H19N3O. The van der Waals surface area contributed by atoms with Gasteiger partial charge in [-0.1, -0.05) is 12.1 Å². The van der Waals surface area contributed by atoms with Gasteiger partial charge in [-0.25, -0.2) is 4.98 Å². The Bertz CT molecular complexity index is 516. The van der Waals surface area contributed by atoms with Crippen molar-refractivity contribution in [1.29, 1.82) is 0 Å². The Balaban J connectivity index is 2.31. The standard InChI is InChI=1S/C14H19N3O/c1-10-9-17(14(15-3)16-10)11(2)12-5-7-13(18-4)8-6-12/h5-9,11H,1-4H3,(H,15,16). The highest BCUT2D eigenvalue weighted by molar-refractivity contribution is 5.34. The van der Waals surface area contributed by atoms with E-state index >= 15 is 0 Å². The number of nitrogens with one attached hydrogen (secondary N) is 1. The summed E-state index contributed by atoms with van der Waals surface area (Å²) >= 11 is 0. The van der Waals surface area contributed by atoms with E-state index in [1.54, 1.807) is 7.11 Å². The van der Waals surface area contributed by atoms with Gasteiger partial charge in [-0.3, -0.25) is 0 Å². The molecule has 0 bridgehead atoms. The van der Waals surface area contributed by atoms with E-state index in [4.69, 9.17) is 4.74 Å². The normalized spacial score (nSPS) is 12.2. The molecule has 0 aliphatic carbocycles. The number of imidazole rings is 1. The fourth-order valence-corrected chi connectivity index (χ4v) is 2.04. The Morgan fingerprint density at radius 2 is 1.94 bits per heavy atom. The van der Waals surface area contributed by atoms with Crippen molar-refractivity contribution in [2.75, 3.05) is 19.5 Å². The summed E-state index contributed by atoms with van der Waals surface area (Å²) in [5.74, 6) is 1.76. The van der Waals surface area contributed by atoms with Crippen LogP contribution in [0.5, 0.6) is 5.75 Å². The number of ether oxygens (including phenoxy) is 1. The van der Waals surface area contributed by atoms with Crippen LogP contribution in [0.3, 0.4) is 0 Å². The molecule has 0 saturated heterocycles. The molecule has 1 aromatic carbocycles. The molecule has 1 N–H and O–H groups in total. The van der Waals surface area contributed by atoms with Crippen molar-refractivity contribution in [2.24, 2.45) is 0 Å². The smallest absolute Gasteiger partial charge is 0.203 e. The summed E-state index contributed by atoms with van der Waals surface area (Å²) in [5, 5.41) is 3.12. The molecule has 0 aliphatic heterocycles. The monoisotopic (exact) mass is 245 g/mol. The number of benzene rings is 1. The van der Waals surface area contributed by atoms with Crippen molar-refractivity contribution in [3.63, 3.8) is 0 Å². The Kier molecular flexibility index (Phi) is 3.55. The molecule has 1 aromatic heterocycles. The van der Waals surface area contributed by atoms with Crippen LogP contribution < -0.4 is 10.1 Å². The predicted molar refractivity (Wildman–Crippen MR) is 73.3 cm³/mol. The first-order chi connectivity index (χ1) is 8.65. The quantitative estimate of drug-likeness (QED) is 0.900. The average Bonchev–Trinajstić information content (AvgIpc) is 2.79. The fraction of sp³-hybridized carbons (Fsp3) is 0.357. The van der Waals surface area contributed by atoms with Crippen molar-refractivity contribution < 1.29 is 4.74 Å². The molecule has 1 unspecified atom stereocenters. The van der Waals surface area contributed by atoms with Crippen molar-refractivity contribution in [3.05, 3.63) is 41.7 Å². The van der Waals surface area contributed by atoms with E-state index < -0.39 is 0 Å². The summed E-state index contributed by atoms with van der Waals surface area (Å²) in [6, 6.07) is 8.36. The summed E-state index contributed by atoms with van der Waals surface area (Å²) in [5.41, 5.74) is 2.24. The van der Waals surface area contributed by atoms with Crippen LogP contribution in [0.2, 0.25) is 0 Å². The third-order valence-corrected chi connectivity index (χ3v) is 3.09. The molecule has 0 spiro atoms. The molecule has 4 nitrogen and oxygen atoms in total. The van der Waals surface area contributed by atoms with Gasteiger partial charge in [0.25, 0.3) is 0 Å². The molecule has 0 saturated carbocycles. The molecule has 4 heteroatoms. The van der Waals surface area contributed by atoms with Crippen LogP contribution in [0, 0.1) is 6.92 Å².